The Morgan fingerprint density at radius 2 is 2.00 bits per heavy atom. The number of hydrogen-bond acceptors (Lipinski definition) is 7. The van der Waals surface area contributed by atoms with Crippen molar-refractivity contribution in [3.8, 4) is 5.75 Å². The first-order valence-electron chi connectivity index (χ1n) is 12.9. The summed E-state index contributed by atoms with van der Waals surface area (Å²) in [4.78, 5) is 38.9. The van der Waals surface area contributed by atoms with E-state index in [1.54, 1.807) is 12.1 Å². The van der Waals surface area contributed by atoms with Crippen LogP contribution in [0.25, 0.3) is 6.08 Å². The van der Waals surface area contributed by atoms with E-state index in [1.165, 1.54) is 30.3 Å². The van der Waals surface area contributed by atoms with E-state index in [0.717, 1.165) is 27.2 Å². The lowest BCUT2D eigenvalue weighted by Gasteiger charge is -2.42. The van der Waals surface area contributed by atoms with Gasteiger partial charge >= 0.3 is 7.12 Å². The number of phenols is 1. The summed E-state index contributed by atoms with van der Waals surface area (Å²) in [5, 5.41) is 31.9. The van der Waals surface area contributed by atoms with E-state index in [0.29, 0.717) is 24.3 Å². The zero-order valence-corrected chi connectivity index (χ0v) is 22.3. The highest BCUT2D eigenvalue weighted by Gasteiger charge is 2.57. The number of rotatable bonds is 6. The van der Waals surface area contributed by atoms with Crippen molar-refractivity contribution < 1.29 is 29.3 Å². The van der Waals surface area contributed by atoms with Crippen molar-refractivity contribution in [1.29, 1.82) is 0 Å². The lowest BCUT2D eigenvalue weighted by Crippen LogP contribution is -2.46. The molecule has 202 valence electrons. The van der Waals surface area contributed by atoms with Crippen LogP contribution in [0.2, 0.25) is 11.3 Å². The first-order valence-corrected chi connectivity index (χ1v) is 13.2. The van der Waals surface area contributed by atoms with Gasteiger partial charge in [0.1, 0.15) is 5.75 Å². The van der Waals surface area contributed by atoms with Gasteiger partial charge in [-0.1, -0.05) is 34.9 Å². The number of carbonyl (C=O) groups excluding carboxylic acids is 2. The van der Waals surface area contributed by atoms with Crippen molar-refractivity contribution in [2.45, 2.75) is 45.5 Å². The van der Waals surface area contributed by atoms with Crippen molar-refractivity contribution in [2.75, 3.05) is 4.90 Å². The molecule has 39 heavy (non-hydrogen) atoms. The monoisotopic (exact) mass is 550 g/mol. The van der Waals surface area contributed by atoms with Crippen molar-refractivity contribution in [2.24, 2.45) is 17.8 Å². The standard InChI is InChI=1S/C28H28BClN2O7/c1-15(10-17-7-8-20(33)13-23(17)30)6-9-24-25-16(2)11-21-26(22(25)14-29(36)39-24)28(35)31(27(21)34)18-4-3-5-19(12-18)32(37)38/h3-5,7-8,10,12-13,21-22,24,26,33,36H,6,9,11,14H2,1-2H3/b15-10+/t21-,22+,24-,26-/m1/s1. The van der Waals surface area contributed by atoms with E-state index in [1.807, 2.05) is 19.9 Å². The van der Waals surface area contributed by atoms with Crippen LogP contribution in [-0.4, -0.2) is 40.1 Å². The highest BCUT2D eigenvalue weighted by molar-refractivity contribution is 6.43. The summed E-state index contributed by atoms with van der Waals surface area (Å²) in [6, 6.07) is 10.3. The van der Waals surface area contributed by atoms with E-state index < -0.39 is 35.9 Å². The lowest BCUT2D eigenvalue weighted by atomic mass is 9.59. The average Bonchev–Trinajstić information content (AvgIpc) is 3.13. The third kappa shape index (κ3) is 5.12. The molecule has 0 unspecified atom stereocenters. The minimum absolute atomic E-state index is 0.0902. The SMILES string of the molecule is CC1=C2[C@@H](CC/C(C)=C/c3ccc(O)cc3Cl)OB(O)C[C@@H]2[C@@H]2C(=O)N(c3cccc([N+](=O)[O-])c3)C(=O)[C@@H]2C1. The Hall–Kier alpha value is -3.47. The summed E-state index contributed by atoms with van der Waals surface area (Å²) in [5.41, 5.74) is 3.73. The molecular formula is C28H28BClN2O7. The van der Waals surface area contributed by atoms with Gasteiger partial charge in [0.2, 0.25) is 11.8 Å². The number of hydrogen-bond donors (Lipinski definition) is 2. The molecule has 11 heteroatoms. The zero-order chi connectivity index (χ0) is 28.0. The maximum absolute atomic E-state index is 13.7. The van der Waals surface area contributed by atoms with E-state index in [2.05, 4.69) is 0 Å². The molecule has 0 spiro atoms. The maximum atomic E-state index is 13.7. The Kier molecular flexibility index (Phi) is 7.37. The number of allylic oxidation sites excluding steroid dienone is 2. The number of halogens is 1. The van der Waals surface area contributed by atoms with Crippen molar-refractivity contribution in [3.63, 3.8) is 0 Å². The molecular weight excluding hydrogens is 523 g/mol. The van der Waals surface area contributed by atoms with Gasteiger partial charge in [-0.15, -0.1) is 0 Å². The number of fused-ring (bicyclic) bond motifs is 3. The number of aromatic hydroxyl groups is 1. The summed E-state index contributed by atoms with van der Waals surface area (Å²) >= 11 is 6.24. The second kappa shape index (κ2) is 10.6. The van der Waals surface area contributed by atoms with Crippen molar-refractivity contribution in [1.82, 2.24) is 0 Å². The van der Waals surface area contributed by atoms with Gasteiger partial charge in [0.15, 0.2) is 0 Å². The Morgan fingerprint density at radius 3 is 2.72 bits per heavy atom. The second-order valence-corrected chi connectivity index (χ2v) is 10.9. The van der Waals surface area contributed by atoms with Crippen LogP contribution in [0.15, 0.2) is 59.2 Å². The van der Waals surface area contributed by atoms with Gasteiger partial charge in [0.05, 0.1) is 33.6 Å². The molecule has 2 amide bonds. The van der Waals surface area contributed by atoms with Gasteiger partial charge in [-0.25, -0.2) is 4.90 Å². The third-order valence-electron chi connectivity index (χ3n) is 7.94. The predicted molar refractivity (Wildman–Crippen MR) is 147 cm³/mol. The quantitative estimate of drug-likeness (QED) is 0.167. The van der Waals surface area contributed by atoms with Gasteiger partial charge in [0, 0.05) is 12.1 Å². The summed E-state index contributed by atoms with van der Waals surface area (Å²) in [5.74, 6) is -2.29. The molecule has 2 N–H and O–H groups in total. The molecule has 2 aromatic rings. The highest BCUT2D eigenvalue weighted by Crippen LogP contribution is 2.51. The first-order chi connectivity index (χ1) is 18.5. The smallest absolute Gasteiger partial charge is 0.455 e. The summed E-state index contributed by atoms with van der Waals surface area (Å²) in [7, 11) is -1.08. The number of nitrogens with zero attached hydrogens (tertiary/aromatic N) is 2. The topological polar surface area (TPSA) is 130 Å². The van der Waals surface area contributed by atoms with Crippen molar-refractivity contribution in [3.05, 3.63) is 79.9 Å². The Bertz CT molecular complexity index is 1420. The van der Waals surface area contributed by atoms with Crippen LogP contribution in [0.4, 0.5) is 11.4 Å². The van der Waals surface area contributed by atoms with Crippen LogP contribution in [0.3, 0.4) is 0 Å². The molecule has 5 rings (SSSR count). The molecule has 2 fully saturated rings. The molecule has 0 bridgehead atoms. The van der Waals surface area contributed by atoms with Gasteiger partial charge in [-0.3, -0.25) is 19.7 Å². The van der Waals surface area contributed by atoms with Crippen LogP contribution < -0.4 is 4.90 Å². The molecule has 2 aromatic carbocycles. The largest absolute Gasteiger partial charge is 0.508 e. The predicted octanol–water partition coefficient (Wildman–Crippen LogP) is 5.16. The minimum atomic E-state index is -1.08. The zero-order valence-electron chi connectivity index (χ0n) is 21.5. The van der Waals surface area contributed by atoms with Gasteiger partial charge in [-0.2, -0.15) is 0 Å². The normalized spacial score (nSPS) is 25.2. The summed E-state index contributed by atoms with van der Waals surface area (Å²) in [6.07, 6.45) is 3.30. The number of amides is 2. The Morgan fingerprint density at radius 1 is 1.23 bits per heavy atom. The number of anilines is 1. The fourth-order valence-corrected chi connectivity index (χ4v) is 6.48. The molecule has 2 aliphatic heterocycles. The molecule has 0 radical (unpaired) electrons. The van der Waals surface area contributed by atoms with Crippen LogP contribution in [0.1, 0.15) is 38.7 Å². The lowest BCUT2D eigenvalue weighted by molar-refractivity contribution is -0.384. The Balaban J connectivity index is 1.39. The number of imide groups is 1. The van der Waals surface area contributed by atoms with Crippen LogP contribution in [0, 0.1) is 27.9 Å². The van der Waals surface area contributed by atoms with Gasteiger partial charge < -0.3 is 14.8 Å². The molecule has 4 atom stereocenters. The van der Waals surface area contributed by atoms with Crippen LogP contribution in [-0.2, 0) is 14.2 Å². The van der Waals surface area contributed by atoms with Crippen molar-refractivity contribution >= 4 is 48.0 Å². The first kappa shape index (κ1) is 27.1. The molecule has 0 saturated carbocycles. The molecule has 1 aliphatic carbocycles. The summed E-state index contributed by atoms with van der Waals surface area (Å²) < 4.78 is 5.96. The number of non-ortho nitro benzene ring substituents is 1. The highest BCUT2D eigenvalue weighted by atomic mass is 35.5. The number of nitro groups is 1. The van der Waals surface area contributed by atoms with Gasteiger partial charge in [-0.05, 0) is 80.8 Å². The van der Waals surface area contributed by atoms with E-state index in [9.17, 15) is 29.8 Å². The number of nitro benzene ring substituents is 1. The fraction of sp³-hybridized carbons (Fsp3) is 0.357. The van der Waals surface area contributed by atoms with E-state index in [-0.39, 0.29) is 35.3 Å². The number of benzene rings is 2. The number of phenolic OH excluding ortho intramolecular Hbond substituents is 1. The second-order valence-electron chi connectivity index (χ2n) is 10.5. The van der Waals surface area contributed by atoms with Gasteiger partial charge in [0.25, 0.3) is 5.69 Å². The average molecular weight is 551 g/mol. The molecule has 9 nitrogen and oxygen atoms in total. The minimum Gasteiger partial charge on any atom is -0.508 e. The van der Waals surface area contributed by atoms with Crippen LogP contribution in [0.5, 0.6) is 5.75 Å². The van der Waals surface area contributed by atoms with E-state index >= 15 is 0 Å². The molecule has 3 aliphatic rings. The molecule has 2 saturated heterocycles. The van der Waals surface area contributed by atoms with Crippen LogP contribution >= 0.6 is 11.6 Å². The Labute approximate surface area is 231 Å². The molecule has 2 heterocycles. The molecule has 0 aromatic heterocycles. The van der Waals surface area contributed by atoms with E-state index in [4.69, 9.17) is 16.3 Å². The fourth-order valence-electron chi connectivity index (χ4n) is 6.25. The third-order valence-corrected chi connectivity index (χ3v) is 8.27. The summed E-state index contributed by atoms with van der Waals surface area (Å²) in [6.45, 7) is 3.91. The maximum Gasteiger partial charge on any atom is 0.455 e. The number of carbonyl (C=O) groups is 2.